The number of carbonyl (C=O) groups is 1. The lowest BCUT2D eigenvalue weighted by Crippen LogP contribution is -2.36. The van der Waals surface area contributed by atoms with Gasteiger partial charge in [0.25, 0.3) is 5.91 Å². The van der Waals surface area contributed by atoms with E-state index in [0.717, 1.165) is 23.2 Å². The van der Waals surface area contributed by atoms with Crippen LogP contribution in [0.1, 0.15) is 28.4 Å². The lowest BCUT2D eigenvalue weighted by molar-refractivity contribution is 0.0977. The number of hydrogen-bond donors (Lipinski definition) is 1. The van der Waals surface area contributed by atoms with E-state index in [-0.39, 0.29) is 17.5 Å². The number of halogens is 1. The minimum absolute atomic E-state index is 0.00536. The minimum atomic E-state index is -0.485. The second kappa shape index (κ2) is 4.88. The zero-order valence-corrected chi connectivity index (χ0v) is 12.1. The maximum absolute atomic E-state index is 14.0. The van der Waals surface area contributed by atoms with E-state index in [1.807, 2.05) is 26.0 Å². The standard InChI is InChI=1S/C17H17FN2O/c1-10-3-5-15(18)14(7-10)17(21)20-11(2)8-12-9-13(19)4-6-16(12)20/h3-7,9,11H,8,19H2,1-2H3. The molecule has 2 N–H and O–H groups in total. The van der Waals surface area contributed by atoms with Crippen LogP contribution >= 0.6 is 0 Å². The van der Waals surface area contributed by atoms with Gasteiger partial charge in [-0.05, 0) is 56.2 Å². The monoisotopic (exact) mass is 284 g/mol. The average Bonchev–Trinajstić information content (AvgIpc) is 2.75. The number of nitrogen functional groups attached to an aromatic ring is 1. The van der Waals surface area contributed by atoms with Crippen molar-refractivity contribution >= 4 is 17.3 Å². The Bertz CT molecular complexity index is 727. The largest absolute Gasteiger partial charge is 0.399 e. The Labute approximate surface area is 123 Å². The summed E-state index contributed by atoms with van der Waals surface area (Å²) in [5, 5.41) is 0. The lowest BCUT2D eigenvalue weighted by Gasteiger charge is -2.23. The van der Waals surface area contributed by atoms with Crippen LogP contribution in [0.5, 0.6) is 0 Å². The molecular weight excluding hydrogens is 267 g/mol. The van der Waals surface area contributed by atoms with Crippen molar-refractivity contribution in [1.29, 1.82) is 0 Å². The van der Waals surface area contributed by atoms with Crippen molar-refractivity contribution in [2.24, 2.45) is 0 Å². The van der Waals surface area contributed by atoms with Gasteiger partial charge in [0.05, 0.1) is 5.56 Å². The number of anilines is 2. The third-order valence-electron chi connectivity index (χ3n) is 3.89. The van der Waals surface area contributed by atoms with E-state index in [1.165, 1.54) is 6.07 Å². The first-order chi connectivity index (χ1) is 9.97. The number of nitrogens with two attached hydrogens (primary N) is 1. The highest BCUT2D eigenvalue weighted by molar-refractivity contribution is 6.08. The summed E-state index contributed by atoms with van der Waals surface area (Å²) in [6.45, 7) is 3.81. The first kappa shape index (κ1) is 13.6. The van der Waals surface area contributed by atoms with Crippen LogP contribution in [0, 0.1) is 12.7 Å². The van der Waals surface area contributed by atoms with Crippen molar-refractivity contribution in [2.75, 3.05) is 10.6 Å². The Morgan fingerprint density at radius 3 is 2.81 bits per heavy atom. The van der Waals surface area contributed by atoms with E-state index < -0.39 is 5.82 Å². The van der Waals surface area contributed by atoms with Crippen molar-refractivity contribution in [2.45, 2.75) is 26.3 Å². The summed E-state index contributed by atoms with van der Waals surface area (Å²) in [7, 11) is 0. The van der Waals surface area contributed by atoms with Gasteiger partial charge < -0.3 is 10.6 Å². The van der Waals surface area contributed by atoms with Crippen molar-refractivity contribution in [1.82, 2.24) is 0 Å². The summed E-state index contributed by atoms with van der Waals surface area (Å²) in [4.78, 5) is 14.4. The Morgan fingerprint density at radius 2 is 2.05 bits per heavy atom. The molecule has 1 aliphatic heterocycles. The minimum Gasteiger partial charge on any atom is -0.399 e. The number of hydrogen-bond acceptors (Lipinski definition) is 2. The number of amides is 1. The molecule has 0 saturated heterocycles. The van der Waals surface area contributed by atoms with Gasteiger partial charge in [-0.15, -0.1) is 0 Å². The Balaban J connectivity index is 2.05. The number of fused-ring (bicyclic) bond motifs is 1. The predicted molar refractivity (Wildman–Crippen MR) is 82.0 cm³/mol. The van der Waals surface area contributed by atoms with Crippen molar-refractivity contribution < 1.29 is 9.18 Å². The molecule has 1 unspecified atom stereocenters. The van der Waals surface area contributed by atoms with E-state index in [9.17, 15) is 9.18 Å². The van der Waals surface area contributed by atoms with E-state index >= 15 is 0 Å². The number of rotatable bonds is 1. The van der Waals surface area contributed by atoms with E-state index in [2.05, 4.69) is 0 Å². The summed E-state index contributed by atoms with van der Waals surface area (Å²) < 4.78 is 14.0. The van der Waals surface area contributed by atoms with Gasteiger partial charge in [-0.3, -0.25) is 4.79 Å². The zero-order valence-electron chi connectivity index (χ0n) is 12.1. The highest BCUT2D eigenvalue weighted by Crippen LogP contribution is 2.34. The van der Waals surface area contributed by atoms with Gasteiger partial charge in [0.15, 0.2) is 0 Å². The molecule has 0 fully saturated rings. The van der Waals surface area contributed by atoms with Gasteiger partial charge >= 0.3 is 0 Å². The van der Waals surface area contributed by atoms with Gasteiger partial charge in [-0.2, -0.15) is 0 Å². The molecule has 0 aromatic heterocycles. The molecule has 0 saturated carbocycles. The molecule has 1 amide bonds. The molecule has 3 nitrogen and oxygen atoms in total. The van der Waals surface area contributed by atoms with E-state index in [0.29, 0.717) is 5.69 Å². The predicted octanol–water partition coefficient (Wildman–Crippen LogP) is 3.31. The SMILES string of the molecule is Cc1ccc(F)c(C(=O)N2c3ccc(N)cc3CC2C)c1. The molecule has 21 heavy (non-hydrogen) atoms. The molecule has 108 valence electrons. The van der Waals surface area contributed by atoms with Crippen LogP contribution in [0.2, 0.25) is 0 Å². The number of carbonyl (C=O) groups excluding carboxylic acids is 1. The highest BCUT2D eigenvalue weighted by Gasteiger charge is 2.32. The molecule has 1 aliphatic rings. The second-order valence-corrected chi connectivity index (χ2v) is 5.60. The highest BCUT2D eigenvalue weighted by atomic mass is 19.1. The Hall–Kier alpha value is -2.36. The normalized spacial score (nSPS) is 16.9. The maximum Gasteiger partial charge on any atom is 0.261 e. The molecule has 2 aromatic rings. The number of aryl methyl sites for hydroxylation is 1. The van der Waals surface area contributed by atoms with Crippen LogP contribution in [0.25, 0.3) is 0 Å². The smallest absolute Gasteiger partial charge is 0.261 e. The van der Waals surface area contributed by atoms with Crippen molar-refractivity contribution in [3.05, 3.63) is 58.9 Å². The van der Waals surface area contributed by atoms with E-state index in [1.54, 1.807) is 23.1 Å². The zero-order chi connectivity index (χ0) is 15.1. The quantitative estimate of drug-likeness (QED) is 0.817. The molecular formula is C17H17FN2O. The molecule has 3 rings (SSSR count). The maximum atomic E-state index is 14.0. The third kappa shape index (κ3) is 2.27. The molecule has 4 heteroatoms. The summed E-state index contributed by atoms with van der Waals surface area (Å²) in [6, 6.07) is 10.1. The molecule has 1 heterocycles. The fourth-order valence-corrected chi connectivity index (χ4v) is 2.89. The first-order valence-electron chi connectivity index (χ1n) is 6.95. The van der Waals surface area contributed by atoms with Crippen LogP contribution in [0.4, 0.5) is 15.8 Å². The van der Waals surface area contributed by atoms with Gasteiger partial charge in [-0.25, -0.2) is 4.39 Å². The van der Waals surface area contributed by atoms with Gasteiger partial charge in [0.2, 0.25) is 0 Å². The topological polar surface area (TPSA) is 46.3 Å². The summed E-state index contributed by atoms with van der Waals surface area (Å²) >= 11 is 0. The molecule has 0 bridgehead atoms. The van der Waals surface area contributed by atoms with Crippen LogP contribution < -0.4 is 10.6 Å². The van der Waals surface area contributed by atoms with Gasteiger partial charge in [-0.1, -0.05) is 11.6 Å². The molecule has 0 radical (unpaired) electrons. The molecule has 1 atom stereocenters. The lowest BCUT2D eigenvalue weighted by atomic mass is 10.1. The average molecular weight is 284 g/mol. The summed E-state index contributed by atoms with van der Waals surface area (Å²) in [5.74, 6) is -0.783. The Kier molecular flexibility index (Phi) is 3.16. The van der Waals surface area contributed by atoms with Crippen molar-refractivity contribution in [3.63, 3.8) is 0 Å². The Morgan fingerprint density at radius 1 is 1.29 bits per heavy atom. The molecule has 0 aliphatic carbocycles. The van der Waals surface area contributed by atoms with Crippen LogP contribution in [-0.2, 0) is 6.42 Å². The summed E-state index contributed by atoms with van der Waals surface area (Å²) in [5.41, 5.74) is 9.30. The van der Waals surface area contributed by atoms with Crippen LogP contribution in [0.3, 0.4) is 0 Å². The van der Waals surface area contributed by atoms with Crippen LogP contribution in [0.15, 0.2) is 36.4 Å². The third-order valence-corrected chi connectivity index (χ3v) is 3.89. The fourth-order valence-electron chi connectivity index (χ4n) is 2.89. The van der Waals surface area contributed by atoms with Crippen molar-refractivity contribution in [3.8, 4) is 0 Å². The van der Waals surface area contributed by atoms with Gasteiger partial charge in [0.1, 0.15) is 5.82 Å². The number of nitrogens with zero attached hydrogens (tertiary/aromatic N) is 1. The molecule has 0 spiro atoms. The van der Waals surface area contributed by atoms with Crippen LogP contribution in [-0.4, -0.2) is 11.9 Å². The number of benzene rings is 2. The molecule has 2 aromatic carbocycles. The first-order valence-corrected chi connectivity index (χ1v) is 6.95. The van der Waals surface area contributed by atoms with Gasteiger partial charge in [0, 0.05) is 17.4 Å². The van der Waals surface area contributed by atoms with E-state index in [4.69, 9.17) is 5.73 Å². The fraction of sp³-hybridized carbons (Fsp3) is 0.235. The second-order valence-electron chi connectivity index (χ2n) is 5.60. The summed E-state index contributed by atoms with van der Waals surface area (Å²) in [6.07, 6.45) is 0.736.